The predicted molar refractivity (Wildman–Crippen MR) is 104 cm³/mol. The summed E-state index contributed by atoms with van der Waals surface area (Å²) in [5, 5.41) is 0. The molecule has 2 aromatic rings. The molecular formula is C17H17BIN2O4. The van der Waals surface area contributed by atoms with Gasteiger partial charge >= 0.3 is 13.5 Å². The first kappa shape index (κ1) is 19.3. The van der Waals surface area contributed by atoms with Crippen LogP contribution < -0.4 is 21.7 Å². The zero-order chi connectivity index (χ0) is 18.2. The first-order chi connectivity index (χ1) is 11.9. The van der Waals surface area contributed by atoms with Crippen LogP contribution in [0.1, 0.15) is 12.8 Å². The summed E-state index contributed by atoms with van der Waals surface area (Å²) in [6.45, 7) is 0. The van der Waals surface area contributed by atoms with Crippen molar-refractivity contribution in [2.75, 3.05) is 0 Å². The van der Waals surface area contributed by atoms with Gasteiger partial charge in [0.05, 0.1) is 0 Å². The summed E-state index contributed by atoms with van der Waals surface area (Å²) in [6.07, 6.45) is 0.200. The van der Waals surface area contributed by atoms with Gasteiger partial charge in [0.15, 0.2) is 0 Å². The summed E-state index contributed by atoms with van der Waals surface area (Å²) < 4.78 is 11.9. The second-order valence-electron chi connectivity index (χ2n) is 5.29. The van der Waals surface area contributed by atoms with Gasteiger partial charge in [-0.15, -0.1) is 0 Å². The zero-order valence-electron chi connectivity index (χ0n) is 13.4. The van der Waals surface area contributed by atoms with Crippen LogP contribution in [0.5, 0.6) is 11.5 Å². The Balaban J connectivity index is 1.82. The van der Waals surface area contributed by atoms with Gasteiger partial charge < -0.3 is 20.9 Å². The Morgan fingerprint density at radius 3 is 2.16 bits per heavy atom. The van der Waals surface area contributed by atoms with Crippen LogP contribution in [0.3, 0.4) is 0 Å². The topological polar surface area (TPSA) is 105 Å². The van der Waals surface area contributed by atoms with Crippen LogP contribution >= 0.6 is 22.6 Å². The van der Waals surface area contributed by atoms with Gasteiger partial charge in [0.2, 0.25) is 5.91 Å². The van der Waals surface area contributed by atoms with Crippen LogP contribution in [0.2, 0.25) is 0 Å². The molecule has 0 spiro atoms. The van der Waals surface area contributed by atoms with E-state index >= 15 is 0 Å². The lowest BCUT2D eigenvalue weighted by molar-refractivity contribution is -0.135. The molecule has 0 fully saturated rings. The SMILES string of the molecule is NC(=O)CCC(N)C(=O)O[B]c1ccc(Oc2ccc(I)cc2)cc1. The molecular weight excluding hydrogens is 434 g/mol. The number of carbonyl (C=O) groups excluding carboxylic acids is 2. The maximum Gasteiger partial charge on any atom is 0.412 e. The van der Waals surface area contributed by atoms with Gasteiger partial charge in [-0.25, -0.2) is 0 Å². The number of benzene rings is 2. The number of halogens is 1. The molecule has 1 amide bonds. The van der Waals surface area contributed by atoms with E-state index in [-0.39, 0.29) is 12.8 Å². The molecule has 8 heteroatoms. The summed E-state index contributed by atoms with van der Waals surface area (Å²) >= 11 is 2.23. The Kier molecular flexibility index (Phi) is 7.26. The Labute approximate surface area is 160 Å². The van der Waals surface area contributed by atoms with Crippen LogP contribution in [0.25, 0.3) is 0 Å². The number of nitrogens with two attached hydrogens (primary N) is 2. The minimum absolute atomic E-state index is 0.0425. The van der Waals surface area contributed by atoms with Gasteiger partial charge in [0.25, 0.3) is 0 Å². The number of rotatable bonds is 8. The molecule has 0 saturated carbocycles. The lowest BCUT2D eigenvalue weighted by atomic mass is 9.88. The molecule has 129 valence electrons. The van der Waals surface area contributed by atoms with Crippen molar-refractivity contribution in [1.29, 1.82) is 0 Å². The summed E-state index contributed by atoms with van der Waals surface area (Å²) in [4.78, 5) is 22.4. The van der Waals surface area contributed by atoms with Crippen LogP contribution in [0.4, 0.5) is 0 Å². The molecule has 4 N–H and O–H groups in total. The van der Waals surface area contributed by atoms with Crippen molar-refractivity contribution in [1.82, 2.24) is 0 Å². The minimum Gasteiger partial charge on any atom is -0.532 e. The summed E-state index contributed by atoms with van der Waals surface area (Å²) in [5.41, 5.74) is 11.3. The Hall–Kier alpha value is -2.07. The van der Waals surface area contributed by atoms with E-state index in [4.69, 9.17) is 20.9 Å². The third kappa shape index (κ3) is 6.75. The quantitative estimate of drug-likeness (QED) is 0.468. The largest absolute Gasteiger partial charge is 0.532 e. The zero-order valence-corrected chi connectivity index (χ0v) is 15.5. The molecule has 0 aliphatic carbocycles. The van der Waals surface area contributed by atoms with Gasteiger partial charge in [-0.2, -0.15) is 0 Å². The van der Waals surface area contributed by atoms with E-state index < -0.39 is 17.9 Å². The number of carbonyl (C=O) groups is 2. The average molecular weight is 451 g/mol. The average Bonchev–Trinajstić information content (AvgIpc) is 2.60. The first-order valence-electron chi connectivity index (χ1n) is 7.55. The second-order valence-corrected chi connectivity index (χ2v) is 6.54. The molecule has 1 atom stereocenters. The van der Waals surface area contributed by atoms with Gasteiger partial charge in [0.1, 0.15) is 17.5 Å². The van der Waals surface area contributed by atoms with Gasteiger partial charge in [-0.3, -0.25) is 9.59 Å². The van der Waals surface area contributed by atoms with E-state index in [2.05, 4.69) is 22.6 Å². The molecule has 1 radical (unpaired) electrons. The van der Waals surface area contributed by atoms with E-state index in [0.717, 1.165) is 9.32 Å². The molecule has 0 aliphatic rings. The van der Waals surface area contributed by atoms with Crippen molar-refractivity contribution >= 4 is 47.4 Å². The molecule has 2 rings (SSSR count). The summed E-state index contributed by atoms with van der Waals surface area (Å²) in [7, 11) is 1.31. The molecule has 25 heavy (non-hydrogen) atoms. The van der Waals surface area contributed by atoms with Crippen LogP contribution in [-0.4, -0.2) is 25.4 Å². The van der Waals surface area contributed by atoms with E-state index in [1.165, 1.54) is 7.48 Å². The predicted octanol–water partition coefficient (Wildman–Crippen LogP) is 1.46. The first-order valence-corrected chi connectivity index (χ1v) is 8.63. The normalized spacial score (nSPS) is 11.4. The standard InChI is InChI=1S/C17H17BIN2O4/c19-12-3-7-14(8-4-12)24-13-5-1-11(2-6-13)18-25-17(23)15(20)9-10-16(21)22/h1-8,15H,9-10,20H2,(H2,21,22). The van der Waals surface area contributed by atoms with Crippen molar-refractivity contribution in [2.45, 2.75) is 18.9 Å². The number of amides is 1. The maximum absolute atomic E-state index is 11.7. The van der Waals surface area contributed by atoms with Crippen molar-refractivity contribution in [3.8, 4) is 11.5 Å². The lowest BCUT2D eigenvalue weighted by Gasteiger charge is -2.10. The van der Waals surface area contributed by atoms with Gasteiger partial charge in [-0.1, -0.05) is 12.1 Å². The van der Waals surface area contributed by atoms with Crippen LogP contribution in [0.15, 0.2) is 48.5 Å². The fourth-order valence-corrected chi connectivity index (χ4v) is 2.24. The lowest BCUT2D eigenvalue weighted by Crippen LogP contribution is -2.36. The van der Waals surface area contributed by atoms with Gasteiger partial charge in [0, 0.05) is 9.99 Å². The number of hydrogen-bond donors (Lipinski definition) is 2. The highest BCUT2D eigenvalue weighted by Crippen LogP contribution is 2.21. The van der Waals surface area contributed by atoms with Crippen molar-refractivity contribution < 1.29 is 19.0 Å². The van der Waals surface area contributed by atoms with E-state index in [1.54, 1.807) is 24.3 Å². The van der Waals surface area contributed by atoms with Crippen LogP contribution in [0, 0.1) is 3.57 Å². The highest BCUT2D eigenvalue weighted by Gasteiger charge is 2.16. The van der Waals surface area contributed by atoms with Crippen molar-refractivity contribution in [3.05, 3.63) is 52.1 Å². The van der Waals surface area contributed by atoms with Crippen molar-refractivity contribution in [2.24, 2.45) is 11.5 Å². The monoisotopic (exact) mass is 451 g/mol. The number of ether oxygens (including phenoxy) is 1. The van der Waals surface area contributed by atoms with Gasteiger partial charge in [-0.05, 0) is 70.9 Å². The van der Waals surface area contributed by atoms with Crippen LogP contribution in [-0.2, 0) is 14.2 Å². The van der Waals surface area contributed by atoms with E-state index in [1.807, 2.05) is 24.3 Å². The molecule has 0 aromatic heterocycles. The Morgan fingerprint density at radius 2 is 1.60 bits per heavy atom. The fourth-order valence-electron chi connectivity index (χ4n) is 1.88. The highest BCUT2D eigenvalue weighted by molar-refractivity contribution is 14.1. The number of hydrogen-bond acceptors (Lipinski definition) is 5. The molecule has 0 bridgehead atoms. The molecule has 0 heterocycles. The molecule has 1 unspecified atom stereocenters. The minimum atomic E-state index is -0.882. The molecule has 6 nitrogen and oxygen atoms in total. The third-order valence-electron chi connectivity index (χ3n) is 3.25. The summed E-state index contributed by atoms with van der Waals surface area (Å²) in [6, 6.07) is 13.8. The van der Waals surface area contributed by atoms with E-state index in [0.29, 0.717) is 11.2 Å². The van der Waals surface area contributed by atoms with E-state index in [9.17, 15) is 9.59 Å². The fraction of sp³-hybridized carbons (Fsp3) is 0.176. The second kappa shape index (κ2) is 9.43. The Bertz CT molecular complexity index is 722. The van der Waals surface area contributed by atoms with Crippen molar-refractivity contribution in [3.63, 3.8) is 0 Å². The summed E-state index contributed by atoms with van der Waals surface area (Å²) in [5.74, 6) is 0.295. The maximum atomic E-state index is 11.7. The Morgan fingerprint density at radius 1 is 1.04 bits per heavy atom. The third-order valence-corrected chi connectivity index (χ3v) is 3.96. The molecule has 2 aromatic carbocycles. The molecule has 0 aliphatic heterocycles. The smallest absolute Gasteiger partial charge is 0.412 e. The number of primary amides is 1. The highest BCUT2D eigenvalue weighted by atomic mass is 127. The molecule has 0 saturated heterocycles.